The summed E-state index contributed by atoms with van der Waals surface area (Å²) in [6.45, 7) is 5.51. The Morgan fingerprint density at radius 1 is 1.33 bits per heavy atom. The van der Waals surface area contributed by atoms with Gasteiger partial charge in [0.1, 0.15) is 11.1 Å². The summed E-state index contributed by atoms with van der Waals surface area (Å²) >= 11 is 1.02. The fourth-order valence-electron chi connectivity index (χ4n) is 2.12. The first-order chi connectivity index (χ1) is 11.3. The van der Waals surface area contributed by atoms with Crippen LogP contribution in [0.2, 0.25) is 0 Å². The third kappa shape index (κ3) is 3.21. The van der Waals surface area contributed by atoms with E-state index in [1.807, 2.05) is 20.8 Å². The van der Waals surface area contributed by atoms with E-state index in [0.29, 0.717) is 10.6 Å². The summed E-state index contributed by atoms with van der Waals surface area (Å²) in [6, 6.07) is 6.09. The van der Waals surface area contributed by atoms with Crippen molar-refractivity contribution in [1.82, 2.24) is 4.98 Å². The SMILES string of the molecule is Cc1nc(Sc2ccc(C(N)=O)cc2[N+](=O)[O-])c(C#N)c(C)c1C. The Balaban J connectivity index is 2.59. The standard InChI is InChI=1S/C16H14N4O3S/c1-8-9(2)12(7-17)16(19-10(8)3)24-14-5-4-11(15(18)21)6-13(14)20(22)23/h4-6H,1-3H3,(H2,18,21). The van der Waals surface area contributed by atoms with Crippen molar-refractivity contribution >= 4 is 23.4 Å². The Hall–Kier alpha value is -2.92. The van der Waals surface area contributed by atoms with E-state index in [2.05, 4.69) is 11.1 Å². The van der Waals surface area contributed by atoms with Crippen LogP contribution in [0.25, 0.3) is 0 Å². The minimum Gasteiger partial charge on any atom is -0.366 e. The van der Waals surface area contributed by atoms with Crippen LogP contribution in [0, 0.1) is 42.2 Å². The second kappa shape index (κ2) is 6.68. The number of benzene rings is 1. The van der Waals surface area contributed by atoms with Gasteiger partial charge in [-0.25, -0.2) is 4.98 Å². The van der Waals surface area contributed by atoms with Crippen molar-refractivity contribution in [3.05, 3.63) is 56.3 Å². The van der Waals surface area contributed by atoms with E-state index in [9.17, 15) is 20.2 Å². The van der Waals surface area contributed by atoms with Gasteiger partial charge in [0.2, 0.25) is 5.91 Å². The predicted molar refractivity (Wildman–Crippen MR) is 88.9 cm³/mol. The highest BCUT2D eigenvalue weighted by atomic mass is 32.2. The Labute approximate surface area is 142 Å². The second-order valence-corrected chi connectivity index (χ2v) is 6.18. The molecular weight excluding hydrogens is 328 g/mol. The Kier molecular flexibility index (Phi) is 4.85. The van der Waals surface area contributed by atoms with E-state index in [0.717, 1.165) is 34.6 Å². The highest BCUT2D eigenvalue weighted by Crippen LogP contribution is 2.37. The van der Waals surface area contributed by atoms with E-state index < -0.39 is 10.8 Å². The van der Waals surface area contributed by atoms with Crippen LogP contribution in [0.3, 0.4) is 0 Å². The highest BCUT2D eigenvalue weighted by molar-refractivity contribution is 7.99. The second-order valence-electron chi connectivity index (χ2n) is 5.15. The molecule has 0 aliphatic carbocycles. The summed E-state index contributed by atoms with van der Waals surface area (Å²) in [5.74, 6) is -0.743. The molecule has 1 amide bonds. The lowest BCUT2D eigenvalue weighted by Crippen LogP contribution is -2.11. The van der Waals surface area contributed by atoms with Crippen LogP contribution in [-0.2, 0) is 0 Å². The molecule has 0 saturated heterocycles. The zero-order chi connectivity index (χ0) is 18.0. The number of carbonyl (C=O) groups excluding carboxylic acids is 1. The summed E-state index contributed by atoms with van der Waals surface area (Å²) in [5.41, 5.74) is 7.81. The molecule has 0 spiro atoms. The van der Waals surface area contributed by atoms with E-state index in [1.54, 1.807) is 0 Å². The van der Waals surface area contributed by atoms with Gasteiger partial charge in [-0.1, -0.05) is 11.8 Å². The molecule has 24 heavy (non-hydrogen) atoms. The quantitative estimate of drug-likeness (QED) is 0.673. The lowest BCUT2D eigenvalue weighted by molar-refractivity contribution is -0.387. The average Bonchev–Trinajstić information content (AvgIpc) is 2.53. The molecular formula is C16H14N4O3S. The Morgan fingerprint density at radius 2 is 2.00 bits per heavy atom. The van der Waals surface area contributed by atoms with E-state index in [4.69, 9.17) is 5.73 Å². The van der Waals surface area contributed by atoms with Gasteiger partial charge in [0.25, 0.3) is 5.69 Å². The molecule has 0 aliphatic heterocycles. The van der Waals surface area contributed by atoms with Crippen LogP contribution in [0.4, 0.5) is 5.69 Å². The van der Waals surface area contributed by atoms with Crippen LogP contribution >= 0.6 is 11.8 Å². The number of nitrogens with two attached hydrogens (primary N) is 1. The molecule has 1 heterocycles. The maximum atomic E-state index is 11.3. The fraction of sp³-hybridized carbons (Fsp3) is 0.188. The van der Waals surface area contributed by atoms with Gasteiger partial charge in [-0.05, 0) is 44.0 Å². The van der Waals surface area contributed by atoms with Crippen molar-refractivity contribution in [2.24, 2.45) is 5.73 Å². The summed E-state index contributed by atoms with van der Waals surface area (Å²) in [7, 11) is 0. The number of nitriles is 1. The van der Waals surface area contributed by atoms with Crippen molar-refractivity contribution in [2.75, 3.05) is 0 Å². The van der Waals surface area contributed by atoms with Crippen molar-refractivity contribution < 1.29 is 9.72 Å². The molecule has 7 nitrogen and oxygen atoms in total. The molecule has 0 atom stereocenters. The zero-order valence-electron chi connectivity index (χ0n) is 13.3. The van der Waals surface area contributed by atoms with Crippen LogP contribution in [0.15, 0.2) is 28.1 Å². The first kappa shape index (κ1) is 17.4. The maximum absolute atomic E-state index is 11.3. The van der Waals surface area contributed by atoms with Crippen molar-refractivity contribution in [1.29, 1.82) is 5.26 Å². The summed E-state index contributed by atoms with van der Waals surface area (Å²) in [6.07, 6.45) is 0. The normalized spacial score (nSPS) is 10.2. The largest absolute Gasteiger partial charge is 0.366 e. The number of hydrogen-bond donors (Lipinski definition) is 1. The third-order valence-corrected chi connectivity index (χ3v) is 4.78. The van der Waals surface area contributed by atoms with E-state index in [1.165, 1.54) is 12.1 Å². The van der Waals surface area contributed by atoms with Crippen LogP contribution in [-0.4, -0.2) is 15.8 Å². The monoisotopic (exact) mass is 342 g/mol. The Morgan fingerprint density at radius 3 is 2.54 bits per heavy atom. The summed E-state index contributed by atoms with van der Waals surface area (Å²) in [5, 5.41) is 21.1. The average molecular weight is 342 g/mol. The molecule has 2 aromatic rings. The lowest BCUT2D eigenvalue weighted by atomic mass is 10.1. The molecule has 0 fully saturated rings. The van der Waals surface area contributed by atoms with Crippen LogP contribution < -0.4 is 5.73 Å². The zero-order valence-corrected chi connectivity index (χ0v) is 14.1. The fourth-order valence-corrected chi connectivity index (χ4v) is 3.19. The number of primary amides is 1. The molecule has 0 aliphatic rings. The smallest absolute Gasteiger partial charge is 0.284 e. The minimum atomic E-state index is -0.743. The van der Waals surface area contributed by atoms with Crippen molar-refractivity contribution in [3.63, 3.8) is 0 Å². The summed E-state index contributed by atoms with van der Waals surface area (Å²) in [4.78, 5) is 26.6. The molecule has 1 aromatic heterocycles. The number of nitro benzene ring substituents is 1. The number of rotatable bonds is 4. The minimum absolute atomic E-state index is 0.0517. The summed E-state index contributed by atoms with van der Waals surface area (Å²) < 4.78 is 0. The first-order valence-electron chi connectivity index (χ1n) is 6.90. The molecule has 0 saturated carbocycles. The number of pyridine rings is 1. The maximum Gasteiger partial charge on any atom is 0.284 e. The van der Waals surface area contributed by atoms with Crippen molar-refractivity contribution in [3.8, 4) is 6.07 Å². The highest BCUT2D eigenvalue weighted by Gasteiger charge is 2.21. The van der Waals surface area contributed by atoms with Gasteiger partial charge in [0, 0.05) is 17.3 Å². The molecule has 0 radical (unpaired) electrons. The number of aromatic nitrogens is 1. The van der Waals surface area contributed by atoms with Gasteiger partial charge < -0.3 is 5.73 Å². The number of amides is 1. The molecule has 8 heteroatoms. The lowest BCUT2D eigenvalue weighted by Gasteiger charge is -2.11. The molecule has 2 rings (SSSR count). The van der Waals surface area contributed by atoms with Gasteiger partial charge in [-0.2, -0.15) is 5.26 Å². The molecule has 2 N–H and O–H groups in total. The van der Waals surface area contributed by atoms with E-state index in [-0.39, 0.29) is 16.1 Å². The van der Waals surface area contributed by atoms with E-state index >= 15 is 0 Å². The van der Waals surface area contributed by atoms with Crippen molar-refractivity contribution in [2.45, 2.75) is 30.7 Å². The number of hydrogen-bond acceptors (Lipinski definition) is 6. The molecule has 0 bridgehead atoms. The number of aryl methyl sites for hydroxylation is 1. The first-order valence-corrected chi connectivity index (χ1v) is 7.72. The molecule has 122 valence electrons. The molecule has 1 aromatic carbocycles. The topological polar surface area (TPSA) is 123 Å². The van der Waals surface area contributed by atoms with Gasteiger partial charge in [0.05, 0.1) is 15.4 Å². The number of nitrogens with zero attached hydrogens (tertiary/aromatic N) is 3. The van der Waals surface area contributed by atoms with Gasteiger partial charge >= 0.3 is 0 Å². The Bertz CT molecular complexity index is 903. The third-order valence-electron chi connectivity index (χ3n) is 3.72. The van der Waals surface area contributed by atoms with Gasteiger partial charge in [-0.3, -0.25) is 14.9 Å². The van der Waals surface area contributed by atoms with Gasteiger partial charge in [0.15, 0.2) is 0 Å². The predicted octanol–water partition coefficient (Wildman–Crippen LogP) is 3.04. The van der Waals surface area contributed by atoms with Crippen LogP contribution in [0.5, 0.6) is 0 Å². The number of nitro groups is 1. The number of carbonyl (C=O) groups is 1. The van der Waals surface area contributed by atoms with Gasteiger partial charge in [-0.15, -0.1) is 0 Å². The molecule has 0 unspecified atom stereocenters. The van der Waals surface area contributed by atoms with Crippen LogP contribution in [0.1, 0.15) is 32.7 Å².